The lowest BCUT2D eigenvalue weighted by Gasteiger charge is -2.08. The largest absolute Gasteiger partial charge is 0.261 e. The van der Waals surface area contributed by atoms with Crippen molar-refractivity contribution in [2.45, 2.75) is 0 Å². The van der Waals surface area contributed by atoms with Crippen molar-refractivity contribution in [3.05, 3.63) is 101 Å². The Labute approximate surface area is 172 Å². The van der Waals surface area contributed by atoms with E-state index >= 15 is 0 Å². The van der Waals surface area contributed by atoms with Crippen LogP contribution in [0.15, 0.2) is 101 Å². The van der Waals surface area contributed by atoms with E-state index in [0.29, 0.717) is 11.6 Å². The zero-order chi connectivity index (χ0) is 19.2. The Kier molecular flexibility index (Phi) is 5.54. The molecule has 4 aromatic rings. The van der Waals surface area contributed by atoms with Gasteiger partial charge in [-0.05, 0) is 17.7 Å². The summed E-state index contributed by atoms with van der Waals surface area (Å²) < 4.78 is 1.04. The number of rotatable bonds is 5. The molecule has 0 aliphatic carbocycles. The molecule has 0 saturated heterocycles. The van der Waals surface area contributed by atoms with E-state index in [1.807, 2.05) is 91.0 Å². The molecular formula is C23H17BrN4. The van der Waals surface area contributed by atoms with E-state index in [-0.39, 0.29) is 0 Å². The van der Waals surface area contributed by atoms with E-state index in [9.17, 15) is 0 Å². The molecule has 5 heteroatoms. The first-order valence-electron chi connectivity index (χ1n) is 8.82. The van der Waals surface area contributed by atoms with Crippen molar-refractivity contribution < 1.29 is 0 Å². The molecule has 0 unspecified atom stereocenters. The lowest BCUT2D eigenvalue weighted by molar-refractivity contribution is 1.15. The van der Waals surface area contributed by atoms with E-state index in [0.717, 1.165) is 26.9 Å². The smallest absolute Gasteiger partial charge is 0.162 e. The molecule has 4 rings (SSSR count). The second-order valence-corrected chi connectivity index (χ2v) is 7.03. The first-order valence-corrected chi connectivity index (χ1v) is 9.62. The maximum Gasteiger partial charge on any atom is 0.162 e. The van der Waals surface area contributed by atoms with Gasteiger partial charge in [0.25, 0.3) is 0 Å². The summed E-state index contributed by atoms with van der Waals surface area (Å²) in [4.78, 5) is 9.37. The van der Waals surface area contributed by atoms with Crippen molar-refractivity contribution in [2.75, 3.05) is 5.43 Å². The van der Waals surface area contributed by atoms with Crippen molar-refractivity contribution in [1.82, 2.24) is 9.97 Å². The minimum atomic E-state index is 0.640. The van der Waals surface area contributed by atoms with Gasteiger partial charge in [-0.25, -0.2) is 9.97 Å². The molecule has 0 saturated carbocycles. The van der Waals surface area contributed by atoms with Crippen molar-refractivity contribution >= 4 is 28.0 Å². The molecule has 3 aromatic carbocycles. The van der Waals surface area contributed by atoms with Gasteiger partial charge in [0, 0.05) is 21.7 Å². The van der Waals surface area contributed by atoms with Gasteiger partial charge in [0.15, 0.2) is 11.6 Å². The van der Waals surface area contributed by atoms with Crippen LogP contribution in [0, 0.1) is 0 Å². The number of anilines is 1. The molecule has 0 atom stereocenters. The molecular weight excluding hydrogens is 412 g/mol. The average Bonchev–Trinajstić information content (AvgIpc) is 2.76. The number of nitrogens with zero attached hydrogens (tertiary/aromatic N) is 3. The van der Waals surface area contributed by atoms with Crippen molar-refractivity contribution in [2.24, 2.45) is 5.10 Å². The number of benzene rings is 3. The molecule has 0 radical (unpaired) electrons. The maximum atomic E-state index is 4.74. The monoisotopic (exact) mass is 428 g/mol. The van der Waals surface area contributed by atoms with Gasteiger partial charge in [-0.1, -0.05) is 88.7 Å². The summed E-state index contributed by atoms with van der Waals surface area (Å²) in [6, 6.07) is 29.8. The van der Waals surface area contributed by atoms with Gasteiger partial charge in [-0.15, -0.1) is 0 Å². The Bertz CT molecular complexity index is 1020. The topological polar surface area (TPSA) is 50.2 Å². The zero-order valence-electron chi connectivity index (χ0n) is 15.0. The Hall–Kier alpha value is -3.31. The predicted octanol–water partition coefficient (Wildman–Crippen LogP) is 6.02. The van der Waals surface area contributed by atoms with Gasteiger partial charge in [0.1, 0.15) is 0 Å². The summed E-state index contributed by atoms with van der Waals surface area (Å²) in [7, 11) is 0. The molecule has 0 amide bonds. The molecule has 0 bridgehead atoms. The average molecular weight is 429 g/mol. The molecule has 1 N–H and O–H groups in total. The third-order valence-electron chi connectivity index (χ3n) is 4.09. The van der Waals surface area contributed by atoms with E-state index in [2.05, 4.69) is 31.4 Å². The summed E-state index contributed by atoms with van der Waals surface area (Å²) >= 11 is 3.43. The van der Waals surface area contributed by atoms with Crippen LogP contribution in [0.3, 0.4) is 0 Å². The van der Waals surface area contributed by atoms with Crippen LogP contribution in [0.5, 0.6) is 0 Å². The second-order valence-electron chi connectivity index (χ2n) is 6.12. The Morgan fingerprint density at radius 1 is 0.750 bits per heavy atom. The Morgan fingerprint density at radius 2 is 1.39 bits per heavy atom. The number of hydrazone groups is 1. The van der Waals surface area contributed by atoms with Gasteiger partial charge < -0.3 is 0 Å². The highest BCUT2D eigenvalue weighted by atomic mass is 79.9. The lowest BCUT2D eigenvalue weighted by atomic mass is 10.1. The number of hydrogen-bond donors (Lipinski definition) is 1. The van der Waals surface area contributed by atoms with Crippen LogP contribution >= 0.6 is 15.9 Å². The van der Waals surface area contributed by atoms with Gasteiger partial charge in [-0.2, -0.15) is 5.10 Å². The van der Waals surface area contributed by atoms with E-state index in [1.165, 1.54) is 0 Å². The zero-order valence-corrected chi connectivity index (χ0v) is 16.5. The van der Waals surface area contributed by atoms with Crippen LogP contribution in [-0.2, 0) is 0 Å². The fraction of sp³-hybridized carbons (Fsp3) is 0. The molecule has 0 aliphatic rings. The second kappa shape index (κ2) is 8.59. The number of halogens is 1. The molecule has 1 aromatic heterocycles. The lowest BCUT2D eigenvalue weighted by Crippen LogP contribution is -1.99. The van der Waals surface area contributed by atoms with Crippen molar-refractivity contribution in [3.63, 3.8) is 0 Å². The van der Waals surface area contributed by atoms with Crippen LogP contribution in [0.1, 0.15) is 5.56 Å². The fourth-order valence-electron chi connectivity index (χ4n) is 2.70. The van der Waals surface area contributed by atoms with Crippen LogP contribution in [0.4, 0.5) is 5.82 Å². The summed E-state index contributed by atoms with van der Waals surface area (Å²) in [5.41, 5.74) is 6.86. The molecule has 1 heterocycles. The number of aromatic nitrogens is 2. The molecule has 4 nitrogen and oxygen atoms in total. The standard InChI is InChI=1S/C23H17BrN4/c24-20-13-11-17(12-14-20)16-25-28-22-15-21(18-7-3-1-4-8-18)26-23(27-22)19-9-5-2-6-10-19/h1-16H,(H,26,27,28)/b25-16-. The minimum absolute atomic E-state index is 0.640. The maximum absolute atomic E-state index is 4.74. The molecule has 0 fully saturated rings. The first kappa shape index (κ1) is 18.1. The van der Waals surface area contributed by atoms with Gasteiger partial charge in [0.05, 0.1) is 11.9 Å². The quantitative estimate of drug-likeness (QED) is 0.312. The predicted molar refractivity (Wildman–Crippen MR) is 118 cm³/mol. The van der Waals surface area contributed by atoms with Crippen molar-refractivity contribution in [1.29, 1.82) is 0 Å². The van der Waals surface area contributed by atoms with Crippen LogP contribution in [-0.4, -0.2) is 16.2 Å². The fourth-order valence-corrected chi connectivity index (χ4v) is 2.96. The molecule has 136 valence electrons. The highest BCUT2D eigenvalue weighted by Crippen LogP contribution is 2.24. The van der Waals surface area contributed by atoms with E-state index in [4.69, 9.17) is 4.98 Å². The molecule has 28 heavy (non-hydrogen) atoms. The van der Waals surface area contributed by atoms with Gasteiger partial charge in [0.2, 0.25) is 0 Å². The Balaban J connectivity index is 1.66. The van der Waals surface area contributed by atoms with E-state index < -0.39 is 0 Å². The van der Waals surface area contributed by atoms with Crippen molar-refractivity contribution in [3.8, 4) is 22.6 Å². The molecule has 0 aliphatic heterocycles. The number of hydrogen-bond acceptors (Lipinski definition) is 4. The highest BCUT2D eigenvalue weighted by Gasteiger charge is 2.08. The van der Waals surface area contributed by atoms with E-state index in [1.54, 1.807) is 6.21 Å². The third kappa shape index (κ3) is 4.50. The van der Waals surface area contributed by atoms with Gasteiger partial charge in [-0.3, -0.25) is 5.43 Å². The van der Waals surface area contributed by atoms with Crippen LogP contribution in [0.2, 0.25) is 0 Å². The normalized spacial score (nSPS) is 10.9. The summed E-state index contributed by atoms with van der Waals surface area (Å²) in [5, 5.41) is 4.33. The first-order chi connectivity index (χ1) is 13.8. The summed E-state index contributed by atoms with van der Waals surface area (Å²) in [5.74, 6) is 1.30. The van der Waals surface area contributed by atoms with Crippen LogP contribution in [0.25, 0.3) is 22.6 Å². The summed E-state index contributed by atoms with van der Waals surface area (Å²) in [6.07, 6.45) is 1.76. The third-order valence-corrected chi connectivity index (χ3v) is 4.62. The number of nitrogens with one attached hydrogen (secondary N) is 1. The SMILES string of the molecule is Brc1ccc(/C=N\Nc2cc(-c3ccccc3)nc(-c3ccccc3)n2)cc1. The highest BCUT2D eigenvalue weighted by molar-refractivity contribution is 9.10. The summed E-state index contributed by atoms with van der Waals surface area (Å²) in [6.45, 7) is 0. The Morgan fingerprint density at radius 3 is 2.07 bits per heavy atom. The van der Waals surface area contributed by atoms with Gasteiger partial charge >= 0.3 is 0 Å². The molecule has 0 spiro atoms. The minimum Gasteiger partial charge on any atom is -0.261 e. The van der Waals surface area contributed by atoms with Crippen LogP contribution < -0.4 is 5.43 Å².